The van der Waals surface area contributed by atoms with Crippen molar-refractivity contribution in [3.05, 3.63) is 109 Å². The minimum atomic E-state index is -0.825. The Morgan fingerprint density at radius 3 is 2.41 bits per heavy atom. The molecule has 5 rings (SSSR count). The van der Waals surface area contributed by atoms with Gasteiger partial charge < -0.3 is 4.42 Å². The smallest absolute Gasteiger partial charge is 0.296 e. The lowest BCUT2D eigenvalue weighted by molar-refractivity contribution is -0.384. The molecule has 1 aliphatic heterocycles. The molecule has 1 atom stereocenters. The third-order valence-corrected chi connectivity index (χ3v) is 5.59. The van der Waals surface area contributed by atoms with E-state index in [1.54, 1.807) is 42.6 Å². The lowest BCUT2D eigenvalue weighted by atomic mass is 9.98. The van der Waals surface area contributed by atoms with Crippen molar-refractivity contribution in [1.82, 2.24) is 4.98 Å². The van der Waals surface area contributed by atoms with Crippen molar-refractivity contribution in [3.63, 3.8) is 0 Å². The van der Waals surface area contributed by atoms with E-state index in [0.717, 1.165) is 11.1 Å². The van der Waals surface area contributed by atoms with E-state index in [9.17, 15) is 19.7 Å². The Kier molecular flexibility index (Phi) is 4.37. The number of carbonyl (C=O) groups excluding carboxylic acids is 1. The Morgan fingerprint density at radius 2 is 1.72 bits per heavy atom. The average molecular weight is 427 g/mol. The van der Waals surface area contributed by atoms with Crippen molar-refractivity contribution in [1.29, 1.82) is 0 Å². The van der Waals surface area contributed by atoms with Gasteiger partial charge in [0, 0.05) is 18.3 Å². The molecule has 0 spiro atoms. The van der Waals surface area contributed by atoms with Gasteiger partial charge in [0.05, 0.1) is 21.9 Å². The number of aryl methyl sites for hydroxylation is 2. The molecule has 2 aromatic heterocycles. The first kappa shape index (κ1) is 19.6. The molecule has 0 fully saturated rings. The standard InChI is InChI=1S/C24H17N3O5/c1-13-3-8-18-17(11-13)22(28)20-21(15-4-6-16(7-5-15)27(30)31)26(24(29)23(20)32-18)19-12-14(2)9-10-25-19/h3-12,21H,1-2H3. The quantitative estimate of drug-likeness (QED) is 0.353. The number of carbonyl (C=O) groups is 1. The number of hydrogen-bond donors (Lipinski definition) is 0. The monoisotopic (exact) mass is 427 g/mol. The van der Waals surface area contributed by atoms with Crippen LogP contribution >= 0.6 is 0 Å². The normalized spacial score (nSPS) is 15.2. The number of hydrogen-bond acceptors (Lipinski definition) is 6. The molecule has 8 heteroatoms. The van der Waals surface area contributed by atoms with Crippen LogP contribution < -0.4 is 10.3 Å². The van der Waals surface area contributed by atoms with Gasteiger partial charge in [0.25, 0.3) is 11.6 Å². The van der Waals surface area contributed by atoms with E-state index in [0.29, 0.717) is 22.4 Å². The summed E-state index contributed by atoms with van der Waals surface area (Å²) in [5, 5.41) is 11.5. The van der Waals surface area contributed by atoms with Gasteiger partial charge in [0.15, 0.2) is 5.43 Å². The number of anilines is 1. The minimum Gasteiger partial charge on any atom is -0.450 e. The maximum Gasteiger partial charge on any atom is 0.296 e. The maximum atomic E-state index is 13.6. The lowest BCUT2D eigenvalue weighted by Crippen LogP contribution is -2.30. The summed E-state index contributed by atoms with van der Waals surface area (Å²) in [6.45, 7) is 3.74. The topological polar surface area (TPSA) is 107 Å². The first-order chi connectivity index (χ1) is 15.3. The van der Waals surface area contributed by atoms with Gasteiger partial charge >= 0.3 is 0 Å². The van der Waals surface area contributed by atoms with Crippen LogP contribution in [0.3, 0.4) is 0 Å². The number of non-ortho nitro benzene ring substituents is 1. The molecule has 0 saturated carbocycles. The Labute approximate surface area is 181 Å². The van der Waals surface area contributed by atoms with Crippen LogP contribution in [0, 0.1) is 24.0 Å². The maximum absolute atomic E-state index is 13.6. The number of pyridine rings is 1. The molecule has 0 radical (unpaired) electrons. The fraction of sp³-hybridized carbons (Fsp3) is 0.125. The summed E-state index contributed by atoms with van der Waals surface area (Å²) in [6, 6.07) is 13.7. The number of aromatic nitrogens is 1. The zero-order chi connectivity index (χ0) is 22.6. The molecule has 4 aromatic rings. The highest BCUT2D eigenvalue weighted by molar-refractivity contribution is 6.10. The van der Waals surface area contributed by atoms with E-state index >= 15 is 0 Å². The van der Waals surface area contributed by atoms with Gasteiger partial charge in [-0.3, -0.25) is 24.6 Å². The zero-order valence-corrected chi connectivity index (χ0v) is 17.2. The highest BCUT2D eigenvalue weighted by Crippen LogP contribution is 2.41. The van der Waals surface area contributed by atoms with Crippen molar-refractivity contribution >= 4 is 28.4 Å². The summed E-state index contributed by atoms with van der Waals surface area (Å²) < 4.78 is 5.92. The highest BCUT2D eigenvalue weighted by Gasteiger charge is 2.44. The Balaban J connectivity index is 1.80. The molecule has 1 unspecified atom stereocenters. The second-order valence-corrected chi connectivity index (χ2v) is 7.79. The van der Waals surface area contributed by atoms with Crippen LogP contribution in [-0.4, -0.2) is 15.8 Å². The van der Waals surface area contributed by atoms with E-state index < -0.39 is 16.9 Å². The van der Waals surface area contributed by atoms with Gasteiger partial charge in [-0.2, -0.15) is 0 Å². The summed E-state index contributed by atoms with van der Waals surface area (Å²) in [7, 11) is 0. The first-order valence-corrected chi connectivity index (χ1v) is 9.93. The van der Waals surface area contributed by atoms with Gasteiger partial charge in [-0.1, -0.05) is 11.6 Å². The predicted molar refractivity (Wildman–Crippen MR) is 118 cm³/mol. The van der Waals surface area contributed by atoms with Gasteiger partial charge in [-0.15, -0.1) is 0 Å². The first-order valence-electron chi connectivity index (χ1n) is 9.93. The van der Waals surface area contributed by atoms with E-state index in [1.807, 2.05) is 19.9 Å². The number of benzene rings is 2. The second kappa shape index (κ2) is 7.12. The molecule has 3 heterocycles. The van der Waals surface area contributed by atoms with E-state index in [-0.39, 0.29) is 22.4 Å². The number of amides is 1. The van der Waals surface area contributed by atoms with Crippen molar-refractivity contribution < 1.29 is 14.1 Å². The number of rotatable bonds is 3. The average Bonchev–Trinajstić information content (AvgIpc) is 3.07. The summed E-state index contributed by atoms with van der Waals surface area (Å²) in [5.41, 5.74) is 2.46. The second-order valence-electron chi connectivity index (χ2n) is 7.79. The summed E-state index contributed by atoms with van der Waals surface area (Å²) in [5.74, 6) is -0.163. The molecule has 0 aliphatic carbocycles. The number of fused-ring (bicyclic) bond motifs is 2. The number of nitro benzene ring substituents is 1. The van der Waals surface area contributed by atoms with Gasteiger partial charge in [-0.05, 0) is 61.4 Å². The van der Waals surface area contributed by atoms with Gasteiger partial charge in [0.2, 0.25) is 5.76 Å². The van der Waals surface area contributed by atoms with Crippen LogP contribution in [-0.2, 0) is 0 Å². The molecule has 158 valence electrons. The van der Waals surface area contributed by atoms with Crippen LogP contribution in [0.2, 0.25) is 0 Å². The number of nitro groups is 1. The Bertz CT molecular complexity index is 1470. The molecular formula is C24H17N3O5. The van der Waals surface area contributed by atoms with Crippen LogP contribution in [0.15, 0.2) is 70.0 Å². The van der Waals surface area contributed by atoms with Crippen LogP contribution in [0.4, 0.5) is 11.5 Å². The predicted octanol–water partition coefficient (Wildman–Crippen LogP) is 4.46. The van der Waals surface area contributed by atoms with Crippen molar-refractivity contribution in [2.24, 2.45) is 0 Å². The fourth-order valence-electron chi connectivity index (χ4n) is 4.07. The van der Waals surface area contributed by atoms with Crippen molar-refractivity contribution in [2.45, 2.75) is 19.9 Å². The van der Waals surface area contributed by atoms with E-state index in [4.69, 9.17) is 4.42 Å². The summed E-state index contributed by atoms with van der Waals surface area (Å²) in [4.78, 5) is 43.4. The SMILES string of the molecule is Cc1ccnc(N2C(=O)c3oc4ccc(C)cc4c(=O)c3C2c2ccc([N+](=O)[O-])cc2)c1. The number of nitrogens with zero attached hydrogens (tertiary/aromatic N) is 3. The van der Waals surface area contributed by atoms with E-state index in [1.165, 1.54) is 17.0 Å². The molecular weight excluding hydrogens is 410 g/mol. The molecule has 8 nitrogen and oxygen atoms in total. The fourth-order valence-corrected chi connectivity index (χ4v) is 4.07. The molecule has 1 amide bonds. The summed E-state index contributed by atoms with van der Waals surface area (Å²) >= 11 is 0. The lowest BCUT2D eigenvalue weighted by Gasteiger charge is -2.24. The zero-order valence-electron chi connectivity index (χ0n) is 17.2. The van der Waals surface area contributed by atoms with Gasteiger partial charge in [0.1, 0.15) is 11.4 Å². The van der Waals surface area contributed by atoms with Crippen molar-refractivity contribution in [2.75, 3.05) is 4.90 Å². The van der Waals surface area contributed by atoms with Crippen LogP contribution in [0.1, 0.15) is 38.9 Å². The van der Waals surface area contributed by atoms with Crippen LogP contribution in [0.25, 0.3) is 11.0 Å². The molecule has 2 aromatic carbocycles. The molecule has 32 heavy (non-hydrogen) atoms. The van der Waals surface area contributed by atoms with Crippen molar-refractivity contribution in [3.8, 4) is 0 Å². The van der Waals surface area contributed by atoms with Gasteiger partial charge in [-0.25, -0.2) is 4.98 Å². The largest absolute Gasteiger partial charge is 0.450 e. The third kappa shape index (κ3) is 2.96. The summed E-state index contributed by atoms with van der Waals surface area (Å²) in [6.07, 6.45) is 1.59. The molecule has 0 saturated heterocycles. The molecule has 1 aliphatic rings. The third-order valence-electron chi connectivity index (χ3n) is 5.59. The van der Waals surface area contributed by atoms with Crippen LogP contribution in [0.5, 0.6) is 0 Å². The highest BCUT2D eigenvalue weighted by atomic mass is 16.6. The minimum absolute atomic E-state index is 0.0435. The van der Waals surface area contributed by atoms with E-state index in [2.05, 4.69) is 4.98 Å². The Morgan fingerprint density at radius 1 is 1.00 bits per heavy atom. The molecule has 0 bridgehead atoms. The Hall–Kier alpha value is -4.33. The molecule has 0 N–H and O–H groups in total.